The van der Waals surface area contributed by atoms with Crippen LogP contribution in [0.5, 0.6) is 5.75 Å². The van der Waals surface area contributed by atoms with Gasteiger partial charge in [0.15, 0.2) is 6.61 Å². The number of rotatable bonds is 2. The highest BCUT2D eigenvalue weighted by Gasteiger charge is 2.18. The van der Waals surface area contributed by atoms with Gasteiger partial charge in [0.25, 0.3) is 0 Å². The van der Waals surface area contributed by atoms with Crippen molar-refractivity contribution in [1.82, 2.24) is 0 Å². The fourth-order valence-electron chi connectivity index (χ4n) is 1.96. The zero-order valence-corrected chi connectivity index (χ0v) is 8.44. The molecule has 0 saturated carbocycles. The van der Waals surface area contributed by atoms with Gasteiger partial charge in [-0.05, 0) is 42.5 Å². The van der Waals surface area contributed by atoms with Gasteiger partial charge in [-0.2, -0.15) is 5.26 Å². The van der Waals surface area contributed by atoms with Gasteiger partial charge in [0, 0.05) is 0 Å². The molecule has 3 heteroatoms. The largest absolute Gasteiger partial charge is 0.479 e. The van der Waals surface area contributed by atoms with Crippen molar-refractivity contribution in [2.24, 2.45) is 0 Å². The van der Waals surface area contributed by atoms with Crippen LogP contribution in [0.2, 0.25) is 0 Å². The van der Waals surface area contributed by atoms with Gasteiger partial charge >= 0.3 is 0 Å². The van der Waals surface area contributed by atoms with Crippen molar-refractivity contribution in [1.29, 1.82) is 5.26 Å². The van der Waals surface area contributed by atoms with Crippen LogP contribution in [0.1, 0.15) is 30.1 Å². The van der Waals surface area contributed by atoms with E-state index in [0.29, 0.717) is 5.75 Å². The summed E-state index contributed by atoms with van der Waals surface area (Å²) in [5, 5.41) is 18.2. The molecule has 1 unspecified atom stereocenters. The maximum atomic E-state index is 9.79. The number of fused-ring (bicyclic) bond motifs is 1. The van der Waals surface area contributed by atoms with Gasteiger partial charge in [0.05, 0.1) is 6.10 Å². The topological polar surface area (TPSA) is 53.2 Å². The number of nitrogens with zero attached hydrogens (tertiary/aromatic N) is 1. The van der Waals surface area contributed by atoms with Crippen LogP contribution in [-0.2, 0) is 6.42 Å². The summed E-state index contributed by atoms with van der Waals surface area (Å²) in [6.07, 6.45) is 2.49. The maximum Gasteiger partial charge on any atom is 0.174 e. The molecule has 0 spiro atoms. The molecule has 0 radical (unpaired) electrons. The standard InChI is InChI=1S/C12H13NO2/c13-6-7-15-10-5-4-9-2-1-3-12(14)11(9)8-10/h4-5,8,12,14H,1-3,7H2. The minimum Gasteiger partial charge on any atom is -0.479 e. The number of hydrogen-bond acceptors (Lipinski definition) is 3. The Morgan fingerprint density at radius 1 is 1.53 bits per heavy atom. The van der Waals surface area contributed by atoms with Crippen LogP contribution in [-0.4, -0.2) is 11.7 Å². The first kappa shape index (κ1) is 10.0. The van der Waals surface area contributed by atoms with Crippen molar-refractivity contribution in [3.8, 4) is 11.8 Å². The maximum absolute atomic E-state index is 9.79. The SMILES string of the molecule is N#CCOc1ccc2c(c1)C(O)CCC2. The summed E-state index contributed by atoms with van der Waals surface area (Å²) >= 11 is 0. The van der Waals surface area contributed by atoms with Crippen molar-refractivity contribution in [2.45, 2.75) is 25.4 Å². The van der Waals surface area contributed by atoms with Crippen molar-refractivity contribution in [3.05, 3.63) is 29.3 Å². The Hall–Kier alpha value is -1.53. The predicted molar refractivity (Wildman–Crippen MR) is 55.4 cm³/mol. The van der Waals surface area contributed by atoms with Gasteiger partial charge in [-0.25, -0.2) is 0 Å². The minimum atomic E-state index is -0.376. The molecule has 1 atom stereocenters. The molecule has 15 heavy (non-hydrogen) atoms. The highest BCUT2D eigenvalue weighted by Crippen LogP contribution is 2.32. The molecule has 1 aromatic carbocycles. The lowest BCUT2D eigenvalue weighted by Crippen LogP contribution is -2.09. The lowest BCUT2D eigenvalue weighted by Gasteiger charge is -2.21. The van der Waals surface area contributed by atoms with Crippen LogP contribution in [0.15, 0.2) is 18.2 Å². The molecule has 1 aromatic rings. The third kappa shape index (κ3) is 2.11. The average Bonchev–Trinajstić information content (AvgIpc) is 2.27. The summed E-state index contributed by atoms with van der Waals surface area (Å²) in [6, 6.07) is 7.60. The van der Waals surface area contributed by atoms with E-state index in [1.54, 1.807) is 0 Å². The number of nitriles is 1. The first-order chi connectivity index (χ1) is 7.31. The Morgan fingerprint density at radius 2 is 2.40 bits per heavy atom. The molecular formula is C12H13NO2. The van der Waals surface area contributed by atoms with Crippen LogP contribution >= 0.6 is 0 Å². The summed E-state index contributed by atoms with van der Waals surface area (Å²) in [7, 11) is 0. The summed E-state index contributed by atoms with van der Waals surface area (Å²) in [5.74, 6) is 0.663. The summed E-state index contributed by atoms with van der Waals surface area (Å²) in [6.45, 7) is 0.0505. The van der Waals surface area contributed by atoms with Crippen LogP contribution in [0.4, 0.5) is 0 Å². The Morgan fingerprint density at radius 3 is 3.20 bits per heavy atom. The van der Waals surface area contributed by atoms with Crippen LogP contribution < -0.4 is 4.74 Å². The predicted octanol–water partition coefficient (Wildman–Crippen LogP) is 1.96. The molecular weight excluding hydrogens is 190 g/mol. The Balaban J connectivity index is 2.24. The number of benzene rings is 1. The van der Waals surface area contributed by atoms with Crippen molar-refractivity contribution in [3.63, 3.8) is 0 Å². The molecule has 0 aromatic heterocycles. The molecule has 0 aliphatic heterocycles. The molecule has 2 rings (SSSR count). The molecule has 0 amide bonds. The van der Waals surface area contributed by atoms with Gasteiger partial charge in [0.1, 0.15) is 11.8 Å². The molecule has 1 aliphatic rings. The van der Waals surface area contributed by atoms with E-state index in [4.69, 9.17) is 10.00 Å². The smallest absolute Gasteiger partial charge is 0.174 e. The molecule has 0 saturated heterocycles. The zero-order chi connectivity index (χ0) is 10.7. The highest BCUT2D eigenvalue weighted by atomic mass is 16.5. The van der Waals surface area contributed by atoms with E-state index in [1.807, 2.05) is 24.3 Å². The van der Waals surface area contributed by atoms with Crippen molar-refractivity contribution in [2.75, 3.05) is 6.61 Å². The van der Waals surface area contributed by atoms with Gasteiger partial charge < -0.3 is 9.84 Å². The lowest BCUT2D eigenvalue weighted by molar-refractivity contribution is 0.156. The van der Waals surface area contributed by atoms with Gasteiger partial charge in [-0.15, -0.1) is 0 Å². The Kier molecular flexibility index (Phi) is 2.89. The van der Waals surface area contributed by atoms with E-state index in [0.717, 1.165) is 24.8 Å². The van der Waals surface area contributed by atoms with E-state index < -0.39 is 0 Å². The number of aliphatic hydroxyl groups is 1. The number of ether oxygens (including phenoxy) is 1. The van der Waals surface area contributed by atoms with E-state index in [2.05, 4.69) is 0 Å². The first-order valence-electron chi connectivity index (χ1n) is 5.12. The fraction of sp³-hybridized carbons (Fsp3) is 0.417. The normalized spacial score (nSPS) is 19.1. The first-order valence-corrected chi connectivity index (χ1v) is 5.12. The second kappa shape index (κ2) is 4.33. The summed E-state index contributed by atoms with van der Waals surface area (Å²) in [5.41, 5.74) is 2.15. The second-order valence-corrected chi connectivity index (χ2v) is 3.72. The van der Waals surface area contributed by atoms with Crippen LogP contribution in [0.25, 0.3) is 0 Å². The Bertz CT molecular complexity index is 395. The average molecular weight is 203 g/mol. The highest BCUT2D eigenvalue weighted by molar-refractivity contribution is 5.38. The van der Waals surface area contributed by atoms with Gasteiger partial charge in [-0.1, -0.05) is 6.07 Å². The van der Waals surface area contributed by atoms with E-state index >= 15 is 0 Å². The Labute approximate surface area is 88.9 Å². The van der Waals surface area contributed by atoms with Crippen molar-refractivity contribution >= 4 is 0 Å². The van der Waals surface area contributed by atoms with Crippen LogP contribution in [0, 0.1) is 11.3 Å². The number of hydrogen-bond donors (Lipinski definition) is 1. The summed E-state index contributed by atoms with van der Waals surface area (Å²) in [4.78, 5) is 0. The molecule has 0 heterocycles. The van der Waals surface area contributed by atoms with Gasteiger partial charge in [0.2, 0.25) is 0 Å². The monoisotopic (exact) mass is 203 g/mol. The molecule has 1 N–H and O–H groups in total. The van der Waals surface area contributed by atoms with Crippen LogP contribution in [0.3, 0.4) is 0 Å². The van der Waals surface area contributed by atoms with Crippen molar-refractivity contribution < 1.29 is 9.84 Å². The zero-order valence-electron chi connectivity index (χ0n) is 8.44. The molecule has 0 fully saturated rings. The fourth-order valence-corrected chi connectivity index (χ4v) is 1.96. The second-order valence-electron chi connectivity index (χ2n) is 3.72. The quantitative estimate of drug-likeness (QED) is 0.799. The molecule has 0 bridgehead atoms. The lowest BCUT2D eigenvalue weighted by atomic mass is 9.89. The van der Waals surface area contributed by atoms with E-state index in [-0.39, 0.29) is 12.7 Å². The minimum absolute atomic E-state index is 0.0505. The number of aryl methyl sites for hydroxylation is 1. The van der Waals surface area contributed by atoms with Gasteiger partial charge in [-0.3, -0.25) is 0 Å². The number of aliphatic hydroxyl groups excluding tert-OH is 1. The molecule has 1 aliphatic carbocycles. The van der Waals surface area contributed by atoms with E-state index in [1.165, 1.54) is 5.56 Å². The third-order valence-electron chi connectivity index (χ3n) is 2.70. The molecule has 78 valence electrons. The van der Waals surface area contributed by atoms with E-state index in [9.17, 15) is 5.11 Å². The summed E-state index contributed by atoms with van der Waals surface area (Å²) < 4.78 is 5.20. The molecule has 3 nitrogen and oxygen atoms in total. The third-order valence-corrected chi connectivity index (χ3v) is 2.70.